The molecule has 0 aliphatic carbocycles. The van der Waals surface area contributed by atoms with Gasteiger partial charge < -0.3 is 0 Å². The van der Waals surface area contributed by atoms with Crippen molar-refractivity contribution in [1.82, 2.24) is 0 Å². The minimum atomic E-state index is -8.13. The third-order valence-electron chi connectivity index (χ3n) is 6.90. The van der Waals surface area contributed by atoms with E-state index in [4.69, 9.17) is 0 Å². The largest absolute Gasteiger partial charge is 0.460 e. The Bertz CT molecular complexity index is 1200. The molecule has 0 amide bonds. The molecule has 0 spiro atoms. The lowest BCUT2D eigenvalue weighted by molar-refractivity contribution is -0.440. The number of aryl methyl sites for hydroxylation is 2. The molecule has 50 heavy (non-hydrogen) atoms. The molecule has 26 heteroatoms. The fourth-order valence-corrected chi connectivity index (χ4v) is 3.89. The van der Waals surface area contributed by atoms with Gasteiger partial charge in [-0.15, -0.1) is 0 Å². The van der Waals surface area contributed by atoms with Crippen LogP contribution in [-0.2, 0) is 12.8 Å². The summed E-state index contributed by atoms with van der Waals surface area (Å²) in [5.74, 6) is -76.3. The normalized spacial score (nSPS) is 15.9. The summed E-state index contributed by atoms with van der Waals surface area (Å²) in [6.45, 7) is 0. The predicted octanol–water partition coefficient (Wildman–Crippen LogP) is 11.8. The standard InChI is InChI=1S/C24H16F26/c25-13(26,15(29,30)17(33,34)19(37,38)21(41,42)23(45,46)47)8-2-6-11-4-1-5-12(10-11)7-3-9-14(27,28)16(31,32)18(35,36)20(39,40)22(43,44)24(48,49)50/h1,4-5,10H,2-3,6-9H2. The molecular weight excluding hydrogens is 782 g/mol. The topological polar surface area (TPSA) is 0 Å². The monoisotopic (exact) mass is 798 g/mol. The number of hydrogen-bond acceptors (Lipinski definition) is 0. The molecule has 0 bridgehead atoms. The first kappa shape index (κ1) is 45.4. The number of rotatable bonds is 16. The van der Waals surface area contributed by atoms with Crippen molar-refractivity contribution in [3.05, 3.63) is 35.4 Å². The highest BCUT2D eigenvalue weighted by Gasteiger charge is 2.91. The Hall–Kier alpha value is -2.60. The summed E-state index contributed by atoms with van der Waals surface area (Å²) >= 11 is 0. The molecule has 0 saturated heterocycles. The van der Waals surface area contributed by atoms with E-state index in [-0.39, 0.29) is 0 Å². The zero-order chi connectivity index (χ0) is 40.2. The number of benzene rings is 1. The Balaban J connectivity index is 3.07. The van der Waals surface area contributed by atoms with E-state index < -0.39 is 121 Å². The Morgan fingerprint density at radius 3 is 0.800 bits per heavy atom. The maximum Gasteiger partial charge on any atom is 0.460 e. The van der Waals surface area contributed by atoms with Crippen molar-refractivity contribution in [2.24, 2.45) is 0 Å². The number of alkyl halides is 26. The molecule has 0 unspecified atom stereocenters. The van der Waals surface area contributed by atoms with Crippen molar-refractivity contribution in [3.63, 3.8) is 0 Å². The van der Waals surface area contributed by atoms with Crippen LogP contribution in [0.1, 0.15) is 36.8 Å². The van der Waals surface area contributed by atoms with Crippen LogP contribution in [0, 0.1) is 0 Å². The summed E-state index contributed by atoms with van der Waals surface area (Å²) in [4.78, 5) is 0. The molecule has 1 rings (SSSR count). The van der Waals surface area contributed by atoms with Gasteiger partial charge in [0, 0.05) is 12.8 Å². The fourth-order valence-electron chi connectivity index (χ4n) is 3.89. The van der Waals surface area contributed by atoms with Gasteiger partial charge in [-0.1, -0.05) is 24.3 Å². The van der Waals surface area contributed by atoms with E-state index >= 15 is 0 Å². The molecule has 0 aliphatic rings. The molecule has 294 valence electrons. The van der Waals surface area contributed by atoms with Gasteiger partial charge in [-0.3, -0.25) is 0 Å². The second kappa shape index (κ2) is 13.1. The summed E-state index contributed by atoms with van der Waals surface area (Å²) in [6, 6.07) is 3.16. The van der Waals surface area contributed by atoms with Gasteiger partial charge in [0.15, 0.2) is 0 Å². The maximum absolute atomic E-state index is 13.9. The van der Waals surface area contributed by atoms with Gasteiger partial charge in [0.05, 0.1) is 0 Å². The quantitative estimate of drug-likeness (QED) is 0.146. The molecule has 0 fully saturated rings. The second-order valence-electron chi connectivity index (χ2n) is 10.5. The van der Waals surface area contributed by atoms with Crippen molar-refractivity contribution in [2.75, 3.05) is 0 Å². The highest BCUT2D eigenvalue weighted by Crippen LogP contribution is 2.62. The zero-order valence-corrected chi connectivity index (χ0v) is 23.4. The first-order valence-electron chi connectivity index (χ1n) is 12.6. The minimum absolute atomic E-state index is 0.417. The van der Waals surface area contributed by atoms with Gasteiger partial charge in [-0.25, -0.2) is 0 Å². The summed E-state index contributed by atoms with van der Waals surface area (Å²) in [5.41, 5.74) is -0.833. The molecule has 0 radical (unpaired) electrons. The summed E-state index contributed by atoms with van der Waals surface area (Å²) in [7, 11) is 0. The maximum atomic E-state index is 13.9. The summed E-state index contributed by atoms with van der Waals surface area (Å²) in [5, 5.41) is 0. The Labute approximate surface area is 260 Å². The summed E-state index contributed by atoms with van der Waals surface area (Å²) < 4.78 is 343. The van der Waals surface area contributed by atoms with Crippen LogP contribution in [0.15, 0.2) is 24.3 Å². The highest BCUT2D eigenvalue weighted by atomic mass is 19.4. The lowest BCUT2D eigenvalue weighted by atomic mass is 9.90. The molecule has 0 aliphatic heterocycles. The summed E-state index contributed by atoms with van der Waals surface area (Å²) in [6.07, 6.45) is -25.5. The fraction of sp³-hybridized carbons (Fsp3) is 0.750. The van der Waals surface area contributed by atoms with Gasteiger partial charge in [0.2, 0.25) is 0 Å². The molecule has 0 N–H and O–H groups in total. The molecule has 0 atom stereocenters. The average molecular weight is 798 g/mol. The smallest absolute Gasteiger partial charge is 0.200 e. The van der Waals surface area contributed by atoms with Gasteiger partial charge >= 0.3 is 71.6 Å². The lowest BCUT2D eigenvalue weighted by Gasteiger charge is -2.39. The van der Waals surface area contributed by atoms with Crippen LogP contribution in [0.4, 0.5) is 114 Å². The van der Waals surface area contributed by atoms with E-state index in [0.717, 1.165) is 18.2 Å². The van der Waals surface area contributed by atoms with Gasteiger partial charge in [0.25, 0.3) is 0 Å². The first-order chi connectivity index (χ1) is 21.7. The van der Waals surface area contributed by atoms with E-state index in [1.54, 1.807) is 0 Å². The third kappa shape index (κ3) is 7.21. The van der Waals surface area contributed by atoms with Crippen LogP contribution in [0.5, 0.6) is 0 Å². The molecule has 0 saturated carbocycles. The lowest BCUT2D eigenvalue weighted by Crippen LogP contribution is -2.70. The van der Waals surface area contributed by atoms with Gasteiger partial charge in [-0.2, -0.15) is 114 Å². The average Bonchev–Trinajstić information content (AvgIpc) is 2.91. The van der Waals surface area contributed by atoms with E-state index in [1.165, 1.54) is 0 Å². The van der Waals surface area contributed by atoms with Crippen LogP contribution in [0.25, 0.3) is 0 Å². The Morgan fingerprint density at radius 1 is 0.320 bits per heavy atom. The van der Waals surface area contributed by atoms with E-state index in [2.05, 4.69) is 0 Å². The van der Waals surface area contributed by atoms with Crippen molar-refractivity contribution >= 4 is 0 Å². The second-order valence-corrected chi connectivity index (χ2v) is 10.5. The van der Waals surface area contributed by atoms with Crippen LogP contribution >= 0.6 is 0 Å². The molecule has 0 heterocycles. The van der Waals surface area contributed by atoms with Crippen LogP contribution in [0.3, 0.4) is 0 Å². The van der Waals surface area contributed by atoms with E-state index in [9.17, 15) is 114 Å². The molecule has 1 aromatic rings. The van der Waals surface area contributed by atoms with Crippen LogP contribution in [-0.4, -0.2) is 71.6 Å². The van der Waals surface area contributed by atoms with Crippen LogP contribution < -0.4 is 0 Å². The predicted molar refractivity (Wildman–Crippen MR) is 114 cm³/mol. The third-order valence-corrected chi connectivity index (χ3v) is 6.90. The van der Waals surface area contributed by atoms with Gasteiger partial charge in [-0.05, 0) is 36.8 Å². The zero-order valence-electron chi connectivity index (χ0n) is 23.4. The first-order valence-corrected chi connectivity index (χ1v) is 12.6. The number of halogens is 26. The SMILES string of the molecule is FC(F)(F)C(F)(F)C(F)(F)C(F)(F)C(F)(F)C(F)(F)CCCc1cccc(CCCC(F)(F)C(F)(F)C(F)(F)C(F)(F)C(F)(F)C(F)(F)F)c1. The highest BCUT2D eigenvalue weighted by molar-refractivity contribution is 5.24. The minimum Gasteiger partial charge on any atom is -0.200 e. The molecular formula is C24H16F26. The van der Waals surface area contributed by atoms with Crippen molar-refractivity contribution in [3.8, 4) is 0 Å². The Morgan fingerprint density at radius 2 is 0.560 bits per heavy atom. The van der Waals surface area contributed by atoms with Crippen LogP contribution in [0.2, 0.25) is 0 Å². The Kier molecular flexibility index (Phi) is 11.9. The molecule has 0 aromatic heterocycles. The van der Waals surface area contributed by atoms with Gasteiger partial charge in [0.1, 0.15) is 0 Å². The van der Waals surface area contributed by atoms with Crippen molar-refractivity contribution in [1.29, 1.82) is 0 Å². The molecule has 1 aromatic carbocycles. The van der Waals surface area contributed by atoms with Crippen molar-refractivity contribution in [2.45, 2.75) is 110 Å². The van der Waals surface area contributed by atoms with E-state index in [0.29, 0.717) is 6.07 Å². The van der Waals surface area contributed by atoms with Crippen molar-refractivity contribution < 1.29 is 114 Å². The number of hydrogen-bond donors (Lipinski definition) is 0. The van der Waals surface area contributed by atoms with E-state index in [1.807, 2.05) is 0 Å². The molecule has 0 nitrogen and oxygen atoms in total.